The maximum absolute atomic E-state index is 11.0. The number of carbonyl (C=O) groups is 1. The van der Waals surface area contributed by atoms with E-state index in [9.17, 15) is 4.79 Å². The number of nitrogens with zero attached hydrogens (tertiary/aromatic N) is 1. The predicted molar refractivity (Wildman–Crippen MR) is 57.7 cm³/mol. The van der Waals surface area contributed by atoms with Crippen molar-refractivity contribution in [2.45, 2.75) is 0 Å². The minimum absolute atomic E-state index is 0.0155. The highest BCUT2D eigenvalue weighted by Gasteiger charge is 1.99. The van der Waals surface area contributed by atoms with Gasteiger partial charge in [-0.05, 0) is 14.1 Å². The molecule has 0 atom stereocenters. The fourth-order valence-corrected chi connectivity index (χ4v) is 1.54. The van der Waals surface area contributed by atoms with E-state index in [4.69, 9.17) is 6.42 Å². The molecule has 0 aromatic carbocycles. The summed E-state index contributed by atoms with van der Waals surface area (Å²) in [5.41, 5.74) is 0. The molecule has 4 heteroatoms. The van der Waals surface area contributed by atoms with E-state index in [0.29, 0.717) is 12.3 Å². The zero-order valence-electron chi connectivity index (χ0n) is 8.17. The number of rotatable bonds is 6. The summed E-state index contributed by atoms with van der Waals surface area (Å²) in [6.45, 7) is 1.32. The van der Waals surface area contributed by atoms with Crippen molar-refractivity contribution in [2.24, 2.45) is 0 Å². The molecule has 0 aromatic heterocycles. The normalized spacial score (nSPS) is 9.69. The maximum atomic E-state index is 11.0. The minimum atomic E-state index is 0.0155. The second-order valence-electron chi connectivity index (χ2n) is 2.84. The van der Waals surface area contributed by atoms with Gasteiger partial charge in [0.2, 0.25) is 5.91 Å². The van der Waals surface area contributed by atoms with Crippen LogP contribution in [0.15, 0.2) is 0 Å². The maximum Gasteiger partial charge on any atom is 0.230 e. The Labute approximate surface area is 84.3 Å². The van der Waals surface area contributed by atoms with Crippen molar-refractivity contribution in [3.63, 3.8) is 0 Å². The molecule has 0 radical (unpaired) electrons. The molecule has 0 unspecified atom stereocenters. The van der Waals surface area contributed by atoms with Crippen LogP contribution in [0.25, 0.3) is 0 Å². The van der Waals surface area contributed by atoms with E-state index in [1.54, 1.807) is 11.8 Å². The Morgan fingerprint density at radius 3 is 2.85 bits per heavy atom. The fourth-order valence-electron chi connectivity index (χ4n) is 0.613. The van der Waals surface area contributed by atoms with Crippen LogP contribution in [0.1, 0.15) is 0 Å². The lowest BCUT2D eigenvalue weighted by Crippen LogP contribution is -2.26. The SMILES string of the molecule is C#CCNC(=O)CSCCN(C)C. The molecule has 13 heavy (non-hydrogen) atoms. The fraction of sp³-hybridized carbons (Fsp3) is 0.667. The largest absolute Gasteiger partial charge is 0.344 e. The first kappa shape index (κ1) is 12.3. The summed E-state index contributed by atoms with van der Waals surface area (Å²) in [6.07, 6.45) is 4.99. The Hall–Kier alpha value is -0.660. The van der Waals surface area contributed by atoms with Crippen LogP contribution < -0.4 is 5.32 Å². The molecule has 0 heterocycles. The van der Waals surface area contributed by atoms with Gasteiger partial charge in [-0.2, -0.15) is 11.8 Å². The smallest absolute Gasteiger partial charge is 0.230 e. The second kappa shape index (κ2) is 7.96. The van der Waals surface area contributed by atoms with Crippen molar-refractivity contribution in [2.75, 3.05) is 38.7 Å². The highest BCUT2D eigenvalue weighted by Crippen LogP contribution is 1.98. The van der Waals surface area contributed by atoms with Crippen molar-refractivity contribution in [1.82, 2.24) is 10.2 Å². The van der Waals surface area contributed by atoms with Crippen molar-refractivity contribution >= 4 is 17.7 Å². The summed E-state index contributed by atoms with van der Waals surface area (Å²) < 4.78 is 0. The van der Waals surface area contributed by atoms with E-state index in [1.807, 2.05) is 14.1 Å². The highest BCUT2D eigenvalue weighted by atomic mass is 32.2. The summed E-state index contributed by atoms with van der Waals surface area (Å²) >= 11 is 1.62. The third kappa shape index (κ3) is 9.25. The molecule has 1 amide bonds. The van der Waals surface area contributed by atoms with Crippen LogP contribution in [-0.2, 0) is 4.79 Å². The molecule has 0 fully saturated rings. The molecule has 0 aliphatic heterocycles. The van der Waals surface area contributed by atoms with E-state index in [1.165, 1.54) is 0 Å². The Kier molecular flexibility index (Phi) is 7.56. The lowest BCUT2D eigenvalue weighted by molar-refractivity contribution is -0.118. The number of hydrogen-bond donors (Lipinski definition) is 1. The molecule has 0 saturated carbocycles. The molecule has 0 spiro atoms. The van der Waals surface area contributed by atoms with Crippen molar-refractivity contribution in [1.29, 1.82) is 0 Å². The van der Waals surface area contributed by atoms with Crippen LogP contribution in [0.2, 0.25) is 0 Å². The van der Waals surface area contributed by atoms with Gasteiger partial charge in [-0.15, -0.1) is 6.42 Å². The summed E-state index contributed by atoms with van der Waals surface area (Å²) in [7, 11) is 4.03. The quantitative estimate of drug-likeness (QED) is 0.485. The summed E-state index contributed by atoms with van der Waals surface area (Å²) in [4.78, 5) is 13.1. The molecular formula is C9H16N2OS. The molecule has 74 valence electrons. The van der Waals surface area contributed by atoms with E-state index in [-0.39, 0.29) is 5.91 Å². The Morgan fingerprint density at radius 1 is 1.62 bits per heavy atom. The monoisotopic (exact) mass is 200 g/mol. The van der Waals surface area contributed by atoms with Crippen LogP contribution >= 0.6 is 11.8 Å². The number of thioether (sulfide) groups is 1. The predicted octanol–water partition coefficient (Wildman–Crippen LogP) is 0.0306. The molecule has 0 aromatic rings. The van der Waals surface area contributed by atoms with Gasteiger partial charge in [0.15, 0.2) is 0 Å². The topological polar surface area (TPSA) is 32.3 Å². The molecule has 0 aliphatic carbocycles. The number of amides is 1. The van der Waals surface area contributed by atoms with Crippen molar-refractivity contribution in [3.8, 4) is 12.3 Å². The van der Waals surface area contributed by atoms with Gasteiger partial charge in [-0.1, -0.05) is 5.92 Å². The lowest BCUT2D eigenvalue weighted by atomic mass is 10.6. The molecular weight excluding hydrogens is 184 g/mol. The highest BCUT2D eigenvalue weighted by molar-refractivity contribution is 7.99. The third-order valence-corrected chi connectivity index (χ3v) is 2.24. The molecule has 0 rings (SSSR count). The van der Waals surface area contributed by atoms with Gasteiger partial charge in [-0.3, -0.25) is 4.79 Å². The zero-order valence-corrected chi connectivity index (χ0v) is 8.99. The number of terminal acetylenes is 1. The molecule has 0 saturated heterocycles. The van der Waals surface area contributed by atoms with Crippen LogP contribution in [0.3, 0.4) is 0 Å². The summed E-state index contributed by atoms with van der Waals surface area (Å²) in [5, 5.41) is 2.61. The minimum Gasteiger partial charge on any atom is -0.344 e. The van der Waals surface area contributed by atoms with Crippen molar-refractivity contribution in [3.05, 3.63) is 0 Å². The Morgan fingerprint density at radius 2 is 2.31 bits per heavy atom. The standard InChI is InChI=1S/C9H16N2OS/c1-4-5-10-9(12)8-13-7-6-11(2)3/h1H,5-8H2,2-3H3,(H,10,12). The van der Waals surface area contributed by atoms with Gasteiger partial charge in [0.05, 0.1) is 12.3 Å². The van der Waals surface area contributed by atoms with Gasteiger partial charge in [-0.25, -0.2) is 0 Å². The lowest BCUT2D eigenvalue weighted by Gasteiger charge is -2.08. The van der Waals surface area contributed by atoms with Crippen molar-refractivity contribution < 1.29 is 4.79 Å². The first-order valence-electron chi connectivity index (χ1n) is 4.09. The molecule has 0 aliphatic rings. The first-order valence-corrected chi connectivity index (χ1v) is 5.25. The Bertz CT molecular complexity index is 187. The van der Waals surface area contributed by atoms with Crippen LogP contribution in [0.4, 0.5) is 0 Å². The average molecular weight is 200 g/mol. The summed E-state index contributed by atoms with van der Waals surface area (Å²) in [6, 6.07) is 0. The number of hydrogen-bond acceptors (Lipinski definition) is 3. The van der Waals surface area contributed by atoms with Gasteiger partial charge < -0.3 is 10.2 Å². The van der Waals surface area contributed by atoms with Crippen LogP contribution in [0.5, 0.6) is 0 Å². The van der Waals surface area contributed by atoms with E-state index >= 15 is 0 Å². The number of carbonyl (C=O) groups excluding carboxylic acids is 1. The van der Waals surface area contributed by atoms with Gasteiger partial charge in [0.1, 0.15) is 0 Å². The van der Waals surface area contributed by atoms with Crippen LogP contribution in [-0.4, -0.2) is 49.5 Å². The zero-order chi connectivity index (χ0) is 10.1. The Balaban J connectivity index is 3.23. The second-order valence-corrected chi connectivity index (χ2v) is 3.94. The molecule has 0 bridgehead atoms. The van der Waals surface area contributed by atoms with Gasteiger partial charge in [0, 0.05) is 12.3 Å². The summed E-state index contributed by atoms with van der Waals surface area (Å²) in [5.74, 6) is 3.84. The van der Waals surface area contributed by atoms with Gasteiger partial charge >= 0.3 is 0 Å². The third-order valence-electron chi connectivity index (χ3n) is 1.30. The van der Waals surface area contributed by atoms with E-state index < -0.39 is 0 Å². The van der Waals surface area contributed by atoms with E-state index in [2.05, 4.69) is 16.1 Å². The van der Waals surface area contributed by atoms with E-state index in [0.717, 1.165) is 12.3 Å². The average Bonchev–Trinajstić information content (AvgIpc) is 2.08. The number of nitrogens with one attached hydrogen (secondary N) is 1. The van der Waals surface area contributed by atoms with Gasteiger partial charge in [0.25, 0.3) is 0 Å². The first-order chi connectivity index (χ1) is 6.16. The van der Waals surface area contributed by atoms with Crippen LogP contribution in [0, 0.1) is 12.3 Å². The molecule has 3 nitrogen and oxygen atoms in total. The molecule has 1 N–H and O–H groups in total.